The van der Waals surface area contributed by atoms with E-state index in [2.05, 4.69) is 46.0 Å². The number of hydrogen-bond acceptors (Lipinski definition) is 2. The van der Waals surface area contributed by atoms with E-state index in [1.165, 1.54) is 36.2 Å². The Morgan fingerprint density at radius 1 is 1.17 bits per heavy atom. The summed E-state index contributed by atoms with van der Waals surface area (Å²) in [6.07, 6.45) is 3.88. The minimum Gasteiger partial charge on any atom is -0.316 e. The molecular weight excluding hydrogens is 238 g/mol. The normalized spacial score (nSPS) is 13.2. The second-order valence-electron chi connectivity index (χ2n) is 5.99. The van der Waals surface area contributed by atoms with Gasteiger partial charge in [0.15, 0.2) is 0 Å². The largest absolute Gasteiger partial charge is 0.316 e. The van der Waals surface area contributed by atoms with Gasteiger partial charge in [-0.25, -0.2) is 0 Å². The Morgan fingerprint density at radius 3 is 2.44 bits per heavy atom. The van der Waals surface area contributed by atoms with Crippen molar-refractivity contribution in [2.75, 3.05) is 13.1 Å². The van der Waals surface area contributed by atoms with Crippen LogP contribution in [0.3, 0.4) is 0 Å². The maximum Gasteiger partial charge on any atom is 0.00773 e. The Balaban J connectivity index is 2.17. The molecular formula is C16H29NS. The Kier molecular flexibility index (Phi) is 6.95. The van der Waals surface area contributed by atoms with Crippen molar-refractivity contribution in [1.82, 2.24) is 5.32 Å². The molecule has 18 heavy (non-hydrogen) atoms. The summed E-state index contributed by atoms with van der Waals surface area (Å²) in [6.45, 7) is 13.7. The molecule has 0 saturated heterocycles. The lowest BCUT2D eigenvalue weighted by Crippen LogP contribution is -2.22. The molecule has 1 rings (SSSR count). The molecule has 0 spiro atoms. The zero-order valence-corrected chi connectivity index (χ0v) is 13.5. The molecule has 1 nitrogen and oxygen atoms in total. The number of thiophene rings is 1. The van der Waals surface area contributed by atoms with Gasteiger partial charge in [-0.05, 0) is 69.7 Å². The summed E-state index contributed by atoms with van der Waals surface area (Å²) in [5.74, 6) is 1.59. The monoisotopic (exact) mass is 267 g/mol. The van der Waals surface area contributed by atoms with Crippen molar-refractivity contribution in [2.45, 2.75) is 53.9 Å². The summed E-state index contributed by atoms with van der Waals surface area (Å²) in [5, 5.41) is 3.53. The van der Waals surface area contributed by atoms with Gasteiger partial charge in [-0.15, -0.1) is 11.3 Å². The molecule has 1 aromatic heterocycles. The quantitative estimate of drug-likeness (QED) is 0.680. The van der Waals surface area contributed by atoms with Gasteiger partial charge in [0.2, 0.25) is 0 Å². The number of aryl methyl sites for hydroxylation is 3. The van der Waals surface area contributed by atoms with Crippen LogP contribution in [0.4, 0.5) is 0 Å². The van der Waals surface area contributed by atoms with E-state index < -0.39 is 0 Å². The Hall–Kier alpha value is -0.340. The molecule has 1 aromatic rings. The van der Waals surface area contributed by atoms with Crippen LogP contribution in [-0.4, -0.2) is 13.1 Å². The fraction of sp³-hybridized carbons (Fsp3) is 0.750. The van der Waals surface area contributed by atoms with Crippen LogP contribution < -0.4 is 5.32 Å². The van der Waals surface area contributed by atoms with Gasteiger partial charge < -0.3 is 5.32 Å². The highest BCUT2D eigenvalue weighted by atomic mass is 32.1. The first-order chi connectivity index (χ1) is 8.49. The third-order valence-corrected chi connectivity index (χ3v) is 4.59. The van der Waals surface area contributed by atoms with E-state index in [0.29, 0.717) is 0 Å². The van der Waals surface area contributed by atoms with Crippen LogP contribution in [0.25, 0.3) is 0 Å². The molecule has 1 unspecified atom stereocenters. The van der Waals surface area contributed by atoms with Crippen molar-refractivity contribution in [1.29, 1.82) is 0 Å². The molecule has 0 fully saturated rings. The second-order valence-corrected chi connectivity index (χ2v) is 7.33. The Bertz CT molecular complexity index is 341. The topological polar surface area (TPSA) is 12.0 Å². The van der Waals surface area contributed by atoms with Gasteiger partial charge in [0.05, 0.1) is 0 Å². The van der Waals surface area contributed by atoms with Gasteiger partial charge in [-0.1, -0.05) is 20.8 Å². The van der Waals surface area contributed by atoms with Gasteiger partial charge in [0.25, 0.3) is 0 Å². The van der Waals surface area contributed by atoms with Crippen molar-refractivity contribution in [3.63, 3.8) is 0 Å². The van der Waals surface area contributed by atoms with Crippen molar-refractivity contribution in [3.05, 3.63) is 21.4 Å². The van der Waals surface area contributed by atoms with E-state index in [1.54, 1.807) is 4.88 Å². The lowest BCUT2D eigenvalue weighted by Gasteiger charge is -2.12. The molecule has 104 valence electrons. The van der Waals surface area contributed by atoms with Crippen LogP contribution in [0.2, 0.25) is 0 Å². The standard InChI is InChI=1S/C16H29NS/c1-12(2)11-17-9-8-13(3)6-7-16-14(4)10-15(5)18-16/h10,12-13,17H,6-9,11H2,1-5H3. The van der Waals surface area contributed by atoms with Crippen LogP contribution in [-0.2, 0) is 6.42 Å². The molecule has 0 aromatic carbocycles. The minimum atomic E-state index is 0.761. The van der Waals surface area contributed by atoms with Gasteiger partial charge in [0.1, 0.15) is 0 Å². The van der Waals surface area contributed by atoms with E-state index in [9.17, 15) is 0 Å². The van der Waals surface area contributed by atoms with E-state index in [0.717, 1.165) is 18.4 Å². The number of nitrogens with one attached hydrogen (secondary N) is 1. The molecule has 0 amide bonds. The van der Waals surface area contributed by atoms with E-state index in [4.69, 9.17) is 0 Å². The smallest absolute Gasteiger partial charge is 0.00773 e. The lowest BCUT2D eigenvalue weighted by molar-refractivity contribution is 0.454. The number of rotatable bonds is 8. The molecule has 0 aliphatic heterocycles. The second kappa shape index (κ2) is 7.96. The van der Waals surface area contributed by atoms with Crippen molar-refractivity contribution < 1.29 is 0 Å². The molecule has 0 saturated carbocycles. The highest BCUT2D eigenvalue weighted by Crippen LogP contribution is 2.24. The van der Waals surface area contributed by atoms with Crippen LogP contribution in [0.1, 0.15) is 48.9 Å². The summed E-state index contributed by atoms with van der Waals surface area (Å²) < 4.78 is 0. The van der Waals surface area contributed by atoms with E-state index in [1.807, 2.05) is 11.3 Å². The highest BCUT2D eigenvalue weighted by molar-refractivity contribution is 7.12. The molecule has 1 heterocycles. The summed E-state index contributed by atoms with van der Waals surface area (Å²) in [5.41, 5.74) is 1.49. The summed E-state index contributed by atoms with van der Waals surface area (Å²) in [4.78, 5) is 3.04. The average molecular weight is 267 g/mol. The van der Waals surface area contributed by atoms with Crippen molar-refractivity contribution in [2.24, 2.45) is 11.8 Å². The molecule has 2 heteroatoms. The molecule has 0 aliphatic carbocycles. The van der Waals surface area contributed by atoms with Gasteiger partial charge in [-0.2, -0.15) is 0 Å². The fourth-order valence-electron chi connectivity index (χ4n) is 2.20. The SMILES string of the molecule is Cc1cc(C)c(CCC(C)CCNCC(C)C)s1. The third-order valence-electron chi connectivity index (χ3n) is 3.37. The maximum atomic E-state index is 3.53. The van der Waals surface area contributed by atoms with Crippen molar-refractivity contribution >= 4 is 11.3 Å². The summed E-state index contributed by atoms with van der Waals surface area (Å²) in [6, 6.07) is 2.31. The van der Waals surface area contributed by atoms with Crippen LogP contribution in [0, 0.1) is 25.7 Å². The van der Waals surface area contributed by atoms with E-state index in [-0.39, 0.29) is 0 Å². The average Bonchev–Trinajstić information content (AvgIpc) is 2.60. The first-order valence-electron chi connectivity index (χ1n) is 7.25. The molecule has 1 atom stereocenters. The van der Waals surface area contributed by atoms with Crippen LogP contribution in [0.5, 0.6) is 0 Å². The Labute approximate surface area is 117 Å². The summed E-state index contributed by atoms with van der Waals surface area (Å²) >= 11 is 1.97. The molecule has 1 N–H and O–H groups in total. The molecule has 0 radical (unpaired) electrons. The third kappa shape index (κ3) is 6.01. The highest BCUT2D eigenvalue weighted by Gasteiger charge is 2.07. The maximum absolute atomic E-state index is 3.53. The van der Waals surface area contributed by atoms with E-state index >= 15 is 0 Å². The minimum absolute atomic E-state index is 0.761. The fourth-order valence-corrected chi connectivity index (χ4v) is 3.26. The lowest BCUT2D eigenvalue weighted by atomic mass is 10.0. The predicted molar refractivity (Wildman–Crippen MR) is 83.6 cm³/mol. The van der Waals surface area contributed by atoms with Crippen LogP contribution >= 0.6 is 11.3 Å². The zero-order chi connectivity index (χ0) is 13.5. The molecule has 0 bridgehead atoms. The van der Waals surface area contributed by atoms with Gasteiger partial charge in [0, 0.05) is 9.75 Å². The van der Waals surface area contributed by atoms with Crippen molar-refractivity contribution in [3.8, 4) is 0 Å². The van der Waals surface area contributed by atoms with Gasteiger partial charge >= 0.3 is 0 Å². The first kappa shape index (κ1) is 15.7. The molecule has 0 aliphatic rings. The Morgan fingerprint density at radius 2 is 1.89 bits per heavy atom. The number of hydrogen-bond donors (Lipinski definition) is 1. The zero-order valence-electron chi connectivity index (χ0n) is 12.7. The van der Waals surface area contributed by atoms with Crippen LogP contribution in [0.15, 0.2) is 6.07 Å². The predicted octanol–water partition coefficient (Wildman–Crippen LogP) is 4.57. The summed E-state index contributed by atoms with van der Waals surface area (Å²) in [7, 11) is 0. The first-order valence-corrected chi connectivity index (χ1v) is 8.07. The van der Waals surface area contributed by atoms with Gasteiger partial charge in [-0.3, -0.25) is 0 Å².